The minimum absolute atomic E-state index is 0.493. The number of hydrogen-bond donors (Lipinski definition) is 1. The minimum atomic E-state index is 0.493. The van der Waals surface area contributed by atoms with Crippen LogP contribution >= 0.6 is 0 Å². The van der Waals surface area contributed by atoms with E-state index in [2.05, 4.69) is 38.0 Å². The van der Waals surface area contributed by atoms with Crippen molar-refractivity contribution in [1.82, 2.24) is 10.2 Å². The molecule has 1 saturated carbocycles. The molecule has 0 aromatic rings. The summed E-state index contributed by atoms with van der Waals surface area (Å²) < 4.78 is 0. The molecular weight excluding hydrogens is 196 g/mol. The van der Waals surface area contributed by atoms with Crippen LogP contribution in [0.3, 0.4) is 0 Å². The molecule has 0 bridgehead atoms. The van der Waals surface area contributed by atoms with Crippen LogP contribution < -0.4 is 5.32 Å². The molecule has 16 heavy (non-hydrogen) atoms. The smallest absolute Gasteiger partial charge is 0.00966 e. The molecule has 2 nitrogen and oxygen atoms in total. The van der Waals surface area contributed by atoms with Gasteiger partial charge in [-0.3, -0.25) is 4.90 Å². The zero-order valence-electron chi connectivity index (χ0n) is 11.7. The summed E-state index contributed by atoms with van der Waals surface area (Å²) >= 11 is 0. The largest absolute Gasteiger partial charge is 0.319 e. The topological polar surface area (TPSA) is 15.3 Å². The molecule has 1 rings (SSSR count). The third-order valence-electron chi connectivity index (χ3n) is 4.16. The van der Waals surface area contributed by atoms with E-state index in [1.54, 1.807) is 0 Å². The van der Waals surface area contributed by atoms with Crippen LogP contribution in [-0.4, -0.2) is 37.6 Å². The van der Waals surface area contributed by atoms with Crippen molar-refractivity contribution in [3.63, 3.8) is 0 Å². The Morgan fingerprint density at radius 1 is 1.19 bits per heavy atom. The summed E-state index contributed by atoms with van der Waals surface area (Å²) in [5.41, 5.74) is 0.493. The zero-order chi connectivity index (χ0) is 12.0. The van der Waals surface area contributed by atoms with Gasteiger partial charge in [0.05, 0.1) is 0 Å². The Balaban J connectivity index is 2.55. The first kappa shape index (κ1) is 14.0. The summed E-state index contributed by atoms with van der Waals surface area (Å²) in [4.78, 5) is 2.74. The van der Waals surface area contributed by atoms with Crippen LogP contribution in [0.15, 0.2) is 0 Å². The predicted molar refractivity (Wildman–Crippen MR) is 71.8 cm³/mol. The highest BCUT2D eigenvalue weighted by atomic mass is 15.2. The number of rotatable bonds is 9. The normalized spacial score (nSPS) is 17.1. The van der Waals surface area contributed by atoms with Gasteiger partial charge in [0.25, 0.3) is 0 Å². The Kier molecular flexibility index (Phi) is 5.77. The molecule has 1 aliphatic rings. The van der Waals surface area contributed by atoms with Crippen molar-refractivity contribution >= 4 is 0 Å². The van der Waals surface area contributed by atoms with E-state index in [1.807, 2.05) is 0 Å². The van der Waals surface area contributed by atoms with E-state index >= 15 is 0 Å². The van der Waals surface area contributed by atoms with Crippen molar-refractivity contribution in [2.75, 3.05) is 26.7 Å². The highest BCUT2D eigenvalue weighted by Gasteiger charge is 2.34. The molecule has 0 unspecified atom stereocenters. The quantitative estimate of drug-likeness (QED) is 0.650. The van der Waals surface area contributed by atoms with Crippen molar-refractivity contribution in [2.45, 2.75) is 58.9 Å². The molecule has 0 saturated heterocycles. The highest BCUT2D eigenvalue weighted by Crippen LogP contribution is 2.33. The van der Waals surface area contributed by atoms with Crippen LogP contribution in [0.4, 0.5) is 0 Å². The number of nitrogens with zero attached hydrogens (tertiary/aromatic N) is 1. The molecule has 0 radical (unpaired) electrons. The van der Waals surface area contributed by atoms with Crippen molar-refractivity contribution in [3.05, 3.63) is 0 Å². The van der Waals surface area contributed by atoms with Gasteiger partial charge >= 0.3 is 0 Å². The van der Waals surface area contributed by atoms with Gasteiger partial charge in [0, 0.05) is 19.1 Å². The van der Waals surface area contributed by atoms with Crippen molar-refractivity contribution in [3.8, 4) is 0 Å². The second-order valence-corrected chi connectivity index (χ2v) is 5.44. The summed E-state index contributed by atoms with van der Waals surface area (Å²) in [7, 11) is 2.08. The van der Waals surface area contributed by atoms with Crippen LogP contribution in [0.25, 0.3) is 0 Å². The maximum absolute atomic E-state index is 3.39. The first-order chi connectivity index (χ1) is 7.71. The fourth-order valence-corrected chi connectivity index (χ4v) is 2.70. The fourth-order valence-electron chi connectivity index (χ4n) is 2.70. The number of nitrogens with one attached hydrogen (secondary N) is 1. The monoisotopic (exact) mass is 226 g/mol. The molecule has 1 N–H and O–H groups in total. The molecule has 0 aromatic heterocycles. The molecule has 0 amide bonds. The van der Waals surface area contributed by atoms with Crippen LogP contribution in [0.2, 0.25) is 0 Å². The summed E-state index contributed by atoms with van der Waals surface area (Å²) in [5, 5.41) is 3.39. The van der Waals surface area contributed by atoms with Crippen molar-refractivity contribution in [1.29, 1.82) is 0 Å². The van der Waals surface area contributed by atoms with Crippen LogP contribution in [0.1, 0.15) is 52.9 Å². The minimum Gasteiger partial charge on any atom is -0.319 e. The average molecular weight is 226 g/mol. The van der Waals surface area contributed by atoms with E-state index in [0.717, 1.165) is 12.6 Å². The molecular formula is C14H30N2. The molecule has 0 aliphatic heterocycles. The molecule has 2 heteroatoms. The van der Waals surface area contributed by atoms with Crippen molar-refractivity contribution < 1.29 is 0 Å². The molecule has 96 valence electrons. The molecule has 0 heterocycles. The van der Waals surface area contributed by atoms with Gasteiger partial charge in [-0.2, -0.15) is 0 Å². The van der Waals surface area contributed by atoms with Gasteiger partial charge in [0.2, 0.25) is 0 Å². The molecule has 0 spiro atoms. The van der Waals surface area contributed by atoms with E-state index in [9.17, 15) is 0 Å². The maximum atomic E-state index is 3.39. The van der Waals surface area contributed by atoms with Crippen LogP contribution in [0.5, 0.6) is 0 Å². The van der Waals surface area contributed by atoms with Crippen LogP contribution in [0, 0.1) is 5.41 Å². The van der Waals surface area contributed by atoms with Gasteiger partial charge < -0.3 is 5.32 Å². The molecule has 1 fully saturated rings. The predicted octanol–water partition coefficient (Wildman–Crippen LogP) is 2.89. The Labute approximate surface area is 102 Å². The SMILES string of the molecule is CCCN(CC(CC)(CC)CNC)C1CC1. The fraction of sp³-hybridized carbons (Fsp3) is 1.00. The molecule has 0 aromatic carbocycles. The van der Waals surface area contributed by atoms with E-state index in [0.29, 0.717) is 5.41 Å². The Hall–Kier alpha value is -0.0800. The van der Waals surface area contributed by atoms with Gasteiger partial charge in [0.1, 0.15) is 0 Å². The van der Waals surface area contributed by atoms with Gasteiger partial charge in [-0.1, -0.05) is 20.8 Å². The van der Waals surface area contributed by atoms with Gasteiger partial charge in [-0.25, -0.2) is 0 Å². The second-order valence-electron chi connectivity index (χ2n) is 5.44. The Bertz CT molecular complexity index is 183. The van der Waals surface area contributed by atoms with Gasteiger partial charge in [0.15, 0.2) is 0 Å². The summed E-state index contributed by atoms with van der Waals surface area (Å²) in [6.45, 7) is 10.7. The van der Waals surface area contributed by atoms with E-state index < -0.39 is 0 Å². The maximum Gasteiger partial charge on any atom is 0.00966 e. The van der Waals surface area contributed by atoms with E-state index in [1.165, 1.54) is 45.2 Å². The zero-order valence-corrected chi connectivity index (χ0v) is 11.7. The Morgan fingerprint density at radius 3 is 2.19 bits per heavy atom. The van der Waals surface area contributed by atoms with Gasteiger partial charge in [-0.05, 0) is 51.1 Å². The average Bonchev–Trinajstić information content (AvgIpc) is 3.11. The standard InChI is InChI=1S/C14H30N2/c1-5-10-16(13-8-9-13)12-14(6-2,7-3)11-15-4/h13,15H,5-12H2,1-4H3. The van der Waals surface area contributed by atoms with Gasteiger partial charge in [-0.15, -0.1) is 0 Å². The van der Waals surface area contributed by atoms with E-state index in [-0.39, 0.29) is 0 Å². The van der Waals surface area contributed by atoms with Crippen molar-refractivity contribution in [2.24, 2.45) is 5.41 Å². The molecule has 1 aliphatic carbocycles. The highest BCUT2D eigenvalue weighted by molar-refractivity contribution is 4.90. The second kappa shape index (κ2) is 6.61. The van der Waals surface area contributed by atoms with E-state index in [4.69, 9.17) is 0 Å². The third-order valence-corrected chi connectivity index (χ3v) is 4.16. The number of hydrogen-bond acceptors (Lipinski definition) is 2. The lowest BCUT2D eigenvalue weighted by Crippen LogP contribution is -2.44. The molecule has 0 atom stereocenters. The summed E-state index contributed by atoms with van der Waals surface area (Å²) in [6, 6.07) is 0.911. The first-order valence-corrected chi connectivity index (χ1v) is 7.10. The Morgan fingerprint density at radius 2 is 1.81 bits per heavy atom. The lowest BCUT2D eigenvalue weighted by molar-refractivity contribution is 0.130. The third kappa shape index (κ3) is 3.74. The summed E-state index contributed by atoms with van der Waals surface area (Å²) in [5.74, 6) is 0. The summed E-state index contributed by atoms with van der Waals surface area (Å²) in [6.07, 6.45) is 6.74. The first-order valence-electron chi connectivity index (χ1n) is 7.10. The lowest BCUT2D eigenvalue weighted by Gasteiger charge is -2.37. The lowest BCUT2D eigenvalue weighted by atomic mass is 9.81. The van der Waals surface area contributed by atoms with Crippen LogP contribution in [-0.2, 0) is 0 Å².